The van der Waals surface area contributed by atoms with Gasteiger partial charge in [-0.05, 0) is 5.92 Å². The predicted octanol–water partition coefficient (Wildman–Crippen LogP) is -0.117. The molecule has 0 aliphatic carbocycles. The van der Waals surface area contributed by atoms with Crippen molar-refractivity contribution in [3.8, 4) is 17.6 Å². The highest BCUT2D eigenvalue weighted by Gasteiger charge is 1.89. The van der Waals surface area contributed by atoms with Crippen molar-refractivity contribution in [1.82, 2.24) is 9.97 Å². The molecule has 0 bridgehead atoms. The maximum atomic E-state index is 8.84. The number of aromatic hydroxyl groups is 1. The Kier molecular flexibility index (Phi) is 3.05. The molecule has 62 valence electrons. The van der Waals surface area contributed by atoms with Crippen LogP contribution >= 0.6 is 0 Å². The standard InChI is InChI=1S/C8H9N3O/c9-4-2-1-3-8-10-5-7(12)6-11-8/h5-6,12H,2,4,9H2. The number of aromatic nitrogens is 2. The van der Waals surface area contributed by atoms with Crippen LogP contribution in [0.1, 0.15) is 12.2 Å². The normalized spacial score (nSPS) is 8.75. The molecule has 0 saturated heterocycles. The lowest BCUT2D eigenvalue weighted by molar-refractivity contribution is 0.469. The largest absolute Gasteiger partial charge is 0.505 e. The molecule has 0 amide bonds. The number of hydrogen-bond donors (Lipinski definition) is 2. The van der Waals surface area contributed by atoms with E-state index < -0.39 is 0 Å². The Morgan fingerprint density at radius 2 is 2.08 bits per heavy atom. The maximum absolute atomic E-state index is 8.84. The third-order valence-electron chi connectivity index (χ3n) is 1.11. The van der Waals surface area contributed by atoms with Crippen molar-refractivity contribution in [3.63, 3.8) is 0 Å². The van der Waals surface area contributed by atoms with Gasteiger partial charge < -0.3 is 10.8 Å². The Balaban J connectivity index is 2.66. The quantitative estimate of drug-likeness (QED) is 0.566. The maximum Gasteiger partial charge on any atom is 0.205 e. The third kappa shape index (κ3) is 2.56. The first kappa shape index (κ1) is 8.50. The summed E-state index contributed by atoms with van der Waals surface area (Å²) in [5.74, 6) is 5.94. The summed E-state index contributed by atoms with van der Waals surface area (Å²) in [4.78, 5) is 7.55. The van der Waals surface area contributed by atoms with Crippen LogP contribution in [0.4, 0.5) is 0 Å². The molecule has 1 aromatic rings. The van der Waals surface area contributed by atoms with Gasteiger partial charge in [0.05, 0.1) is 12.4 Å². The monoisotopic (exact) mass is 163 g/mol. The minimum Gasteiger partial charge on any atom is -0.505 e. The molecule has 0 unspecified atom stereocenters. The smallest absolute Gasteiger partial charge is 0.205 e. The third-order valence-corrected chi connectivity index (χ3v) is 1.11. The second-order valence-corrected chi connectivity index (χ2v) is 2.11. The Hall–Kier alpha value is -1.60. The van der Waals surface area contributed by atoms with E-state index in [0.29, 0.717) is 18.8 Å². The van der Waals surface area contributed by atoms with Gasteiger partial charge in [0.2, 0.25) is 5.82 Å². The van der Waals surface area contributed by atoms with Crippen molar-refractivity contribution < 1.29 is 5.11 Å². The van der Waals surface area contributed by atoms with Crippen LogP contribution in [-0.4, -0.2) is 21.6 Å². The molecule has 0 atom stereocenters. The van der Waals surface area contributed by atoms with E-state index in [9.17, 15) is 0 Å². The number of hydrogen-bond acceptors (Lipinski definition) is 4. The van der Waals surface area contributed by atoms with Crippen molar-refractivity contribution in [2.24, 2.45) is 5.73 Å². The van der Waals surface area contributed by atoms with Crippen LogP contribution in [0.15, 0.2) is 12.4 Å². The van der Waals surface area contributed by atoms with E-state index in [1.165, 1.54) is 12.4 Å². The zero-order chi connectivity index (χ0) is 8.81. The van der Waals surface area contributed by atoms with Gasteiger partial charge in [-0.1, -0.05) is 5.92 Å². The molecule has 0 radical (unpaired) electrons. The molecule has 0 aromatic carbocycles. The number of nitrogens with two attached hydrogens (primary N) is 1. The molecule has 0 aliphatic heterocycles. The van der Waals surface area contributed by atoms with Gasteiger partial charge in [0.25, 0.3) is 0 Å². The summed E-state index contributed by atoms with van der Waals surface area (Å²) in [5.41, 5.74) is 5.23. The molecule has 12 heavy (non-hydrogen) atoms. The van der Waals surface area contributed by atoms with Crippen molar-refractivity contribution in [3.05, 3.63) is 18.2 Å². The van der Waals surface area contributed by atoms with E-state index in [2.05, 4.69) is 21.8 Å². The topological polar surface area (TPSA) is 72.0 Å². The fraction of sp³-hybridized carbons (Fsp3) is 0.250. The second kappa shape index (κ2) is 4.31. The highest BCUT2D eigenvalue weighted by Crippen LogP contribution is 2.00. The summed E-state index contributed by atoms with van der Waals surface area (Å²) in [6.07, 6.45) is 3.24. The predicted molar refractivity (Wildman–Crippen MR) is 44.2 cm³/mol. The molecule has 1 heterocycles. The van der Waals surface area contributed by atoms with Crippen LogP contribution in [0, 0.1) is 11.8 Å². The SMILES string of the molecule is NCCC#Cc1ncc(O)cn1. The Labute approximate surface area is 70.5 Å². The summed E-state index contributed by atoms with van der Waals surface area (Å²) in [7, 11) is 0. The summed E-state index contributed by atoms with van der Waals surface area (Å²) >= 11 is 0. The van der Waals surface area contributed by atoms with E-state index in [1.807, 2.05) is 0 Å². The van der Waals surface area contributed by atoms with Gasteiger partial charge in [-0.3, -0.25) is 0 Å². The van der Waals surface area contributed by atoms with Gasteiger partial charge in [-0.25, -0.2) is 9.97 Å². The molecule has 0 fully saturated rings. The van der Waals surface area contributed by atoms with Gasteiger partial charge in [-0.15, -0.1) is 0 Å². The zero-order valence-electron chi connectivity index (χ0n) is 6.49. The lowest BCUT2D eigenvalue weighted by Crippen LogP contribution is -1.95. The molecule has 0 saturated carbocycles. The van der Waals surface area contributed by atoms with Crippen LogP contribution < -0.4 is 5.73 Å². The lowest BCUT2D eigenvalue weighted by Gasteiger charge is -1.88. The lowest BCUT2D eigenvalue weighted by atomic mass is 10.4. The molecule has 1 aromatic heterocycles. The van der Waals surface area contributed by atoms with Crippen LogP contribution in [0.25, 0.3) is 0 Å². The van der Waals surface area contributed by atoms with Crippen molar-refractivity contribution in [2.75, 3.05) is 6.54 Å². The van der Waals surface area contributed by atoms with Crippen molar-refractivity contribution in [2.45, 2.75) is 6.42 Å². The molecule has 0 spiro atoms. The van der Waals surface area contributed by atoms with Crippen LogP contribution in [-0.2, 0) is 0 Å². The van der Waals surface area contributed by atoms with Crippen molar-refractivity contribution in [1.29, 1.82) is 0 Å². The second-order valence-electron chi connectivity index (χ2n) is 2.11. The molecule has 4 heteroatoms. The van der Waals surface area contributed by atoms with Gasteiger partial charge in [0.15, 0.2) is 5.75 Å². The van der Waals surface area contributed by atoms with E-state index in [0.717, 1.165) is 0 Å². The Morgan fingerprint density at radius 1 is 1.42 bits per heavy atom. The zero-order valence-corrected chi connectivity index (χ0v) is 6.49. The average molecular weight is 163 g/mol. The van der Waals surface area contributed by atoms with Crippen LogP contribution in [0.2, 0.25) is 0 Å². The summed E-state index contributed by atoms with van der Waals surface area (Å²) in [6, 6.07) is 0. The van der Waals surface area contributed by atoms with Crippen LogP contribution in [0.5, 0.6) is 5.75 Å². The first-order valence-electron chi connectivity index (χ1n) is 3.53. The van der Waals surface area contributed by atoms with E-state index in [-0.39, 0.29) is 5.75 Å². The van der Waals surface area contributed by atoms with Gasteiger partial charge >= 0.3 is 0 Å². The fourth-order valence-corrected chi connectivity index (χ4v) is 0.599. The molecular weight excluding hydrogens is 154 g/mol. The Bertz CT molecular complexity index is 296. The van der Waals surface area contributed by atoms with Crippen LogP contribution in [0.3, 0.4) is 0 Å². The number of rotatable bonds is 1. The fourth-order valence-electron chi connectivity index (χ4n) is 0.599. The van der Waals surface area contributed by atoms with E-state index >= 15 is 0 Å². The minimum atomic E-state index is 0.0411. The first-order chi connectivity index (χ1) is 5.83. The van der Waals surface area contributed by atoms with Gasteiger partial charge in [-0.2, -0.15) is 0 Å². The first-order valence-corrected chi connectivity index (χ1v) is 3.53. The molecule has 3 N–H and O–H groups in total. The summed E-state index contributed by atoms with van der Waals surface area (Å²) in [5, 5.41) is 8.84. The van der Waals surface area contributed by atoms with E-state index in [1.54, 1.807) is 0 Å². The van der Waals surface area contributed by atoms with Gasteiger partial charge in [0, 0.05) is 13.0 Å². The molecule has 1 rings (SSSR count). The molecular formula is C8H9N3O. The highest BCUT2D eigenvalue weighted by molar-refractivity contribution is 5.22. The minimum absolute atomic E-state index is 0.0411. The molecule has 0 aliphatic rings. The molecule has 4 nitrogen and oxygen atoms in total. The summed E-state index contributed by atoms with van der Waals surface area (Å²) < 4.78 is 0. The average Bonchev–Trinajstić information content (AvgIpc) is 2.09. The highest BCUT2D eigenvalue weighted by atomic mass is 16.3. The summed E-state index contributed by atoms with van der Waals surface area (Å²) in [6.45, 7) is 0.533. The van der Waals surface area contributed by atoms with E-state index in [4.69, 9.17) is 10.8 Å². The van der Waals surface area contributed by atoms with Crippen molar-refractivity contribution >= 4 is 0 Å². The number of nitrogens with zero attached hydrogens (tertiary/aromatic N) is 2. The van der Waals surface area contributed by atoms with Gasteiger partial charge in [0.1, 0.15) is 0 Å². The Morgan fingerprint density at radius 3 is 2.67 bits per heavy atom.